The van der Waals surface area contributed by atoms with Gasteiger partial charge >= 0.3 is 0 Å². The van der Waals surface area contributed by atoms with E-state index in [1.165, 1.54) is 0 Å². The summed E-state index contributed by atoms with van der Waals surface area (Å²) < 4.78 is 0.148. The van der Waals surface area contributed by atoms with E-state index in [4.69, 9.17) is 0 Å². The zero-order chi connectivity index (χ0) is 6.41. The monoisotopic (exact) mass is 169 g/mol. The van der Waals surface area contributed by atoms with Gasteiger partial charge in [0.15, 0.2) is 0 Å². The van der Waals surface area contributed by atoms with Crippen molar-refractivity contribution in [3.8, 4) is 0 Å². The van der Waals surface area contributed by atoms with Crippen LogP contribution in [-0.4, -0.2) is 23.4 Å². The molecule has 0 aromatic heterocycles. The van der Waals surface area contributed by atoms with Crippen LogP contribution in [0.2, 0.25) is 0 Å². The van der Waals surface area contributed by atoms with Gasteiger partial charge in [-0.05, 0) is 0 Å². The van der Waals surface area contributed by atoms with Crippen LogP contribution in [0.4, 0.5) is 0 Å². The molecule has 0 saturated carbocycles. The average molecular weight is 169 g/mol. The Labute approximate surface area is 66.8 Å². The van der Waals surface area contributed by atoms with Gasteiger partial charge in [0.2, 0.25) is 0 Å². The van der Waals surface area contributed by atoms with Gasteiger partial charge in [0.05, 0.1) is 4.58 Å². The van der Waals surface area contributed by atoms with Crippen LogP contribution in [-0.2, 0) is 0 Å². The molecule has 0 fully saturated rings. The molecule has 0 spiro atoms. The van der Waals surface area contributed by atoms with Crippen LogP contribution in [0.25, 0.3) is 0 Å². The van der Waals surface area contributed by atoms with Gasteiger partial charge in [0.25, 0.3) is 0 Å². The summed E-state index contributed by atoms with van der Waals surface area (Å²) in [6.07, 6.45) is 0. The molecule has 50 valence electrons. The lowest BCUT2D eigenvalue weighted by Gasteiger charge is -2.02. The molecular weight excluding hydrogens is 158 g/mol. The van der Waals surface area contributed by atoms with Crippen molar-refractivity contribution in [1.82, 2.24) is 5.32 Å². The highest BCUT2D eigenvalue weighted by Gasteiger charge is 1.90. The van der Waals surface area contributed by atoms with Gasteiger partial charge in [-0.2, -0.15) is 37.9 Å². The maximum atomic E-state index is 4.05. The summed E-state index contributed by atoms with van der Waals surface area (Å²) in [6.45, 7) is 1.77. The summed E-state index contributed by atoms with van der Waals surface area (Å²) in [5, 5.41) is 3.11. The molecule has 0 aromatic carbocycles. The summed E-state index contributed by atoms with van der Waals surface area (Å²) in [6, 6.07) is 0. The van der Waals surface area contributed by atoms with Crippen molar-refractivity contribution in [1.29, 1.82) is 0 Å². The van der Waals surface area contributed by atoms with Crippen molar-refractivity contribution in [3.05, 3.63) is 0 Å². The van der Waals surface area contributed by atoms with Crippen LogP contribution in [0.5, 0.6) is 0 Å². The summed E-state index contributed by atoms with van der Waals surface area (Å²) in [4.78, 5) is 0. The maximum Gasteiger partial charge on any atom is 0.0566 e. The van der Waals surface area contributed by atoms with Crippen molar-refractivity contribution in [2.45, 2.75) is 4.58 Å². The van der Waals surface area contributed by atoms with E-state index in [2.05, 4.69) is 43.2 Å². The van der Waals surface area contributed by atoms with Crippen molar-refractivity contribution in [3.63, 3.8) is 0 Å². The van der Waals surface area contributed by atoms with Gasteiger partial charge in [-0.1, -0.05) is 0 Å². The van der Waals surface area contributed by atoms with Crippen molar-refractivity contribution < 1.29 is 0 Å². The van der Waals surface area contributed by atoms with Crippen LogP contribution < -0.4 is 5.32 Å². The van der Waals surface area contributed by atoms with E-state index in [9.17, 15) is 0 Å². The fraction of sp³-hybridized carbons (Fsp3) is 1.00. The molecule has 0 amide bonds. The molecule has 1 nitrogen and oxygen atoms in total. The van der Waals surface area contributed by atoms with E-state index in [1.807, 2.05) is 0 Å². The maximum absolute atomic E-state index is 4.05. The number of nitrogens with one attached hydrogen (secondary N) is 1. The van der Waals surface area contributed by atoms with Gasteiger partial charge in [-0.25, -0.2) is 0 Å². The average Bonchev–Trinajstić information content (AvgIpc) is 1.66. The first-order chi connectivity index (χ1) is 3.77. The molecule has 1 N–H and O–H groups in total. The largest absolute Gasteiger partial charge is 0.314 e. The molecule has 4 heteroatoms. The second kappa shape index (κ2) is 6.13. The second-order valence-electron chi connectivity index (χ2n) is 1.41. The first-order valence-electron chi connectivity index (χ1n) is 2.45. The Morgan fingerprint density at radius 2 is 2.00 bits per heavy atom. The summed E-state index contributed by atoms with van der Waals surface area (Å²) in [5.41, 5.74) is 0. The topological polar surface area (TPSA) is 12.0 Å². The quantitative estimate of drug-likeness (QED) is 0.276. The lowest BCUT2D eigenvalue weighted by Crippen LogP contribution is -2.22. The third-order valence-corrected chi connectivity index (χ3v) is 1.20. The van der Waals surface area contributed by atoms with Gasteiger partial charge in [0.1, 0.15) is 0 Å². The Bertz CT molecular complexity index is 48.5. The molecule has 0 aromatic rings. The van der Waals surface area contributed by atoms with E-state index in [0.717, 1.165) is 18.8 Å². The number of rotatable bonds is 4. The molecule has 0 saturated heterocycles. The minimum absolute atomic E-state index is 0.148. The van der Waals surface area contributed by atoms with E-state index in [0.29, 0.717) is 0 Å². The second-order valence-corrected chi connectivity index (χ2v) is 3.51. The standard InChI is InChI=1S/C4H11NS3/c6-2-1-5-3-4(7)8/h4-8H,1-3H2. The molecule has 0 bridgehead atoms. The number of thiol groups is 3. The smallest absolute Gasteiger partial charge is 0.0566 e. The van der Waals surface area contributed by atoms with E-state index >= 15 is 0 Å². The van der Waals surface area contributed by atoms with Crippen molar-refractivity contribution in [2.75, 3.05) is 18.8 Å². The zero-order valence-electron chi connectivity index (χ0n) is 4.54. The van der Waals surface area contributed by atoms with Crippen LogP contribution in [0.3, 0.4) is 0 Å². The summed E-state index contributed by atoms with van der Waals surface area (Å²) in [5.74, 6) is 0.869. The van der Waals surface area contributed by atoms with Crippen LogP contribution >= 0.6 is 37.9 Å². The Kier molecular flexibility index (Phi) is 6.91. The predicted molar refractivity (Wildman–Crippen MR) is 48.5 cm³/mol. The number of hydrogen-bond donors (Lipinski definition) is 4. The first-order valence-corrected chi connectivity index (χ1v) is 4.11. The molecule has 0 heterocycles. The molecule has 0 aliphatic carbocycles. The molecule has 0 aliphatic heterocycles. The molecule has 0 unspecified atom stereocenters. The Balaban J connectivity index is 2.72. The van der Waals surface area contributed by atoms with Crippen LogP contribution in [0, 0.1) is 0 Å². The summed E-state index contributed by atoms with van der Waals surface area (Å²) in [7, 11) is 0. The van der Waals surface area contributed by atoms with Gasteiger partial charge in [-0.15, -0.1) is 0 Å². The van der Waals surface area contributed by atoms with Crippen LogP contribution in [0.1, 0.15) is 0 Å². The summed E-state index contributed by atoms with van der Waals surface area (Å²) >= 11 is 12.1. The molecular formula is C4H11NS3. The fourth-order valence-corrected chi connectivity index (χ4v) is 0.727. The predicted octanol–water partition coefficient (Wildman–Crippen LogP) is 0.691. The minimum atomic E-state index is 0.148. The molecule has 0 rings (SSSR count). The van der Waals surface area contributed by atoms with Gasteiger partial charge < -0.3 is 5.32 Å². The Hall–Kier alpha value is 1.01. The fourth-order valence-electron chi connectivity index (χ4n) is 0.310. The molecule has 8 heavy (non-hydrogen) atoms. The Morgan fingerprint density at radius 3 is 2.38 bits per heavy atom. The molecule has 0 atom stereocenters. The van der Waals surface area contributed by atoms with Crippen molar-refractivity contribution >= 4 is 37.9 Å². The SMILES string of the molecule is SCCNCC(S)S. The lowest BCUT2D eigenvalue weighted by molar-refractivity contribution is 0.764. The van der Waals surface area contributed by atoms with E-state index in [-0.39, 0.29) is 4.58 Å². The highest BCUT2D eigenvalue weighted by molar-refractivity contribution is 7.99. The van der Waals surface area contributed by atoms with Gasteiger partial charge in [-0.3, -0.25) is 0 Å². The highest BCUT2D eigenvalue weighted by Crippen LogP contribution is 1.95. The third-order valence-electron chi connectivity index (χ3n) is 0.615. The minimum Gasteiger partial charge on any atom is -0.314 e. The van der Waals surface area contributed by atoms with Gasteiger partial charge in [0, 0.05) is 18.8 Å². The zero-order valence-corrected chi connectivity index (χ0v) is 7.22. The first kappa shape index (κ1) is 9.01. The molecule has 0 radical (unpaired) electrons. The molecule has 0 aliphatic rings. The van der Waals surface area contributed by atoms with Crippen LogP contribution in [0.15, 0.2) is 0 Å². The third kappa shape index (κ3) is 7.01. The number of hydrogen-bond acceptors (Lipinski definition) is 4. The highest BCUT2D eigenvalue weighted by atomic mass is 32.2. The van der Waals surface area contributed by atoms with Crippen molar-refractivity contribution in [2.24, 2.45) is 0 Å². The lowest BCUT2D eigenvalue weighted by atomic mass is 10.6. The van der Waals surface area contributed by atoms with E-state index < -0.39 is 0 Å². The van der Waals surface area contributed by atoms with E-state index in [1.54, 1.807) is 0 Å². The normalized spacial score (nSPS) is 10.5. The Morgan fingerprint density at radius 1 is 1.38 bits per heavy atom.